The van der Waals surface area contributed by atoms with Crippen molar-refractivity contribution in [3.63, 3.8) is 0 Å². The summed E-state index contributed by atoms with van der Waals surface area (Å²) in [6.45, 7) is 4.99. The van der Waals surface area contributed by atoms with Gasteiger partial charge in [0.05, 0.1) is 23.6 Å². The van der Waals surface area contributed by atoms with Crippen molar-refractivity contribution in [2.45, 2.75) is 20.4 Å². The van der Waals surface area contributed by atoms with Crippen molar-refractivity contribution in [3.05, 3.63) is 90.0 Å². The molecule has 128 valence electrons. The molecule has 2 aromatic carbocycles. The van der Waals surface area contributed by atoms with Gasteiger partial charge in [0, 0.05) is 17.7 Å². The molecular weight excluding hydrogens is 320 g/mol. The average Bonchev–Trinajstić information content (AvgIpc) is 3.03. The van der Waals surface area contributed by atoms with Crippen molar-refractivity contribution in [3.8, 4) is 0 Å². The van der Waals surface area contributed by atoms with Crippen LogP contribution in [-0.4, -0.2) is 20.2 Å². The number of hydrogen-bond acceptors (Lipinski definition) is 3. The van der Waals surface area contributed by atoms with E-state index in [1.54, 1.807) is 6.20 Å². The predicted molar refractivity (Wildman–Crippen MR) is 106 cm³/mol. The van der Waals surface area contributed by atoms with Gasteiger partial charge in [0.2, 0.25) is 0 Å². The van der Waals surface area contributed by atoms with E-state index in [4.69, 9.17) is 4.99 Å². The zero-order valence-corrected chi connectivity index (χ0v) is 14.9. The van der Waals surface area contributed by atoms with Gasteiger partial charge in [0.25, 0.3) is 0 Å². The molecular formula is C22H20N4. The molecule has 0 radical (unpaired) electrons. The van der Waals surface area contributed by atoms with E-state index in [9.17, 15) is 0 Å². The van der Waals surface area contributed by atoms with E-state index in [2.05, 4.69) is 45.7 Å². The van der Waals surface area contributed by atoms with Crippen molar-refractivity contribution < 1.29 is 0 Å². The highest BCUT2D eigenvalue weighted by Crippen LogP contribution is 2.27. The van der Waals surface area contributed by atoms with Gasteiger partial charge >= 0.3 is 0 Å². The van der Waals surface area contributed by atoms with Crippen LogP contribution in [0.1, 0.15) is 23.9 Å². The zero-order chi connectivity index (χ0) is 17.9. The van der Waals surface area contributed by atoms with Gasteiger partial charge in [-0.25, -0.2) is 9.98 Å². The molecule has 0 unspecified atom stereocenters. The number of pyridine rings is 1. The van der Waals surface area contributed by atoms with Crippen LogP contribution in [-0.2, 0) is 6.54 Å². The largest absolute Gasteiger partial charge is 0.327 e. The van der Waals surface area contributed by atoms with Crippen LogP contribution in [0.3, 0.4) is 0 Å². The first-order valence-electron chi connectivity index (χ1n) is 8.78. The van der Waals surface area contributed by atoms with Gasteiger partial charge in [0.15, 0.2) is 0 Å². The summed E-state index contributed by atoms with van der Waals surface area (Å²) in [4.78, 5) is 14.0. The maximum atomic E-state index is 5.04. The molecule has 2 heterocycles. The highest BCUT2D eigenvalue weighted by Gasteiger charge is 2.13. The molecule has 0 saturated heterocycles. The van der Waals surface area contributed by atoms with E-state index in [1.807, 2.05) is 49.5 Å². The molecule has 0 fully saturated rings. The number of rotatable bonds is 4. The zero-order valence-electron chi connectivity index (χ0n) is 14.9. The molecule has 0 saturated carbocycles. The van der Waals surface area contributed by atoms with E-state index in [0.29, 0.717) is 0 Å². The van der Waals surface area contributed by atoms with Gasteiger partial charge in [-0.1, -0.05) is 60.7 Å². The Morgan fingerprint density at radius 3 is 2.12 bits per heavy atom. The summed E-state index contributed by atoms with van der Waals surface area (Å²) in [6.07, 6.45) is 3.62. The van der Waals surface area contributed by atoms with E-state index < -0.39 is 0 Å². The topological polar surface area (TPSA) is 43.1 Å². The Hall–Kier alpha value is -3.27. The molecule has 2 aromatic heterocycles. The normalized spacial score (nSPS) is 10.8. The number of aliphatic imine (C=N–C) groups is 1. The van der Waals surface area contributed by atoms with E-state index >= 15 is 0 Å². The molecule has 0 aliphatic carbocycles. The van der Waals surface area contributed by atoms with Crippen LogP contribution in [0.5, 0.6) is 0 Å². The van der Waals surface area contributed by atoms with Crippen LogP contribution in [0, 0.1) is 6.92 Å². The van der Waals surface area contributed by atoms with Crippen LogP contribution in [0.4, 0.5) is 5.69 Å². The number of benzene rings is 2. The summed E-state index contributed by atoms with van der Waals surface area (Å²) in [5.74, 6) is 0.980. The number of nitrogens with zero attached hydrogens (tertiary/aromatic N) is 4. The van der Waals surface area contributed by atoms with Crippen molar-refractivity contribution in [1.29, 1.82) is 0 Å². The SMILES string of the molecule is CCn1c(C)nc2cncc(N=C(c3ccccc3)c3ccccc3)c21. The minimum atomic E-state index is 0.840. The summed E-state index contributed by atoms with van der Waals surface area (Å²) in [6, 6.07) is 20.5. The Balaban J connectivity index is 1.98. The second-order valence-corrected chi connectivity index (χ2v) is 6.12. The second-order valence-electron chi connectivity index (χ2n) is 6.12. The van der Waals surface area contributed by atoms with Crippen LogP contribution >= 0.6 is 0 Å². The Morgan fingerprint density at radius 2 is 1.54 bits per heavy atom. The van der Waals surface area contributed by atoms with Gasteiger partial charge in [-0.2, -0.15) is 0 Å². The highest BCUT2D eigenvalue weighted by atomic mass is 15.1. The lowest BCUT2D eigenvalue weighted by atomic mass is 10.0. The first-order chi connectivity index (χ1) is 12.8. The smallest absolute Gasteiger partial charge is 0.109 e. The summed E-state index contributed by atoms with van der Waals surface area (Å²) in [5.41, 5.74) is 5.84. The molecule has 26 heavy (non-hydrogen) atoms. The molecule has 0 aliphatic rings. The van der Waals surface area contributed by atoms with Gasteiger partial charge in [-0.3, -0.25) is 4.98 Å². The monoisotopic (exact) mass is 340 g/mol. The second kappa shape index (κ2) is 6.92. The average molecular weight is 340 g/mol. The maximum Gasteiger partial charge on any atom is 0.109 e. The van der Waals surface area contributed by atoms with Gasteiger partial charge in [-0.05, 0) is 13.8 Å². The van der Waals surface area contributed by atoms with Crippen molar-refractivity contribution >= 4 is 22.4 Å². The summed E-state index contributed by atoms with van der Waals surface area (Å²) >= 11 is 0. The maximum absolute atomic E-state index is 5.04. The quantitative estimate of drug-likeness (QED) is 0.494. The van der Waals surface area contributed by atoms with E-state index in [0.717, 1.165) is 45.9 Å². The Morgan fingerprint density at radius 1 is 0.923 bits per heavy atom. The minimum Gasteiger partial charge on any atom is -0.327 e. The number of imidazole rings is 1. The standard InChI is InChI=1S/C22H20N4/c1-3-26-16(2)24-19-14-23-15-20(22(19)26)25-21(17-10-6-4-7-11-17)18-12-8-5-9-13-18/h4-15H,3H2,1-2H3. The molecule has 0 atom stereocenters. The van der Waals surface area contributed by atoms with Crippen LogP contribution < -0.4 is 0 Å². The van der Waals surface area contributed by atoms with Crippen molar-refractivity contribution in [2.24, 2.45) is 4.99 Å². The van der Waals surface area contributed by atoms with Crippen LogP contribution in [0.25, 0.3) is 11.0 Å². The number of aryl methyl sites for hydroxylation is 2. The molecule has 0 aliphatic heterocycles. The number of hydrogen-bond donors (Lipinski definition) is 0. The van der Waals surface area contributed by atoms with Crippen LogP contribution in [0.15, 0.2) is 78.0 Å². The third-order valence-electron chi connectivity index (χ3n) is 4.46. The fourth-order valence-electron chi connectivity index (χ4n) is 3.26. The van der Waals surface area contributed by atoms with E-state index in [1.165, 1.54) is 0 Å². The van der Waals surface area contributed by atoms with Crippen molar-refractivity contribution in [1.82, 2.24) is 14.5 Å². The molecule has 4 nitrogen and oxygen atoms in total. The molecule has 0 N–H and O–H groups in total. The number of fused-ring (bicyclic) bond motifs is 1. The lowest BCUT2D eigenvalue weighted by Crippen LogP contribution is -2.03. The van der Waals surface area contributed by atoms with Gasteiger partial charge < -0.3 is 4.57 Å². The fourth-order valence-corrected chi connectivity index (χ4v) is 3.26. The molecule has 4 aromatic rings. The van der Waals surface area contributed by atoms with Crippen molar-refractivity contribution in [2.75, 3.05) is 0 Å². The van der Waals surface area contributed by atoms with Crippen LogP contribution in [0.2, 0.25) is 0 Å². The third kappa shape index (κ3) is 2.90. The number of aromatic nitrogens is 3. The Kier molecular flexibility index (Phi) is 4.32. The first kappa shape index (κ1) is 16.2. The lowest BCUT2D eigenvalue weighted by molar-refractivity contribution is 0.753. The van der Waals surface area contributed by atoms with E-state index in [-0.39, 0.29) is 0 Å². The first-order valence-corrected chi connectivity index (χ1v) is 8.78. The molecule has 0 spiro atoms. The molecule has 0 amide bonds. The highest BCUT2D eigenvalue weighted by molar-refractivity contribution is 6.14. The lowest BCUT2D eigenvalue weighted by Gasteiger charge is -2.09. The molecule has 4 rings (SSSR count). The summed E-state index contributed by atoms with van der Waals surface area (Å²) in [5, 5.41) is 0. The summed E-state index contributed by atoms with van der Waals surface area (Å²) in [7, 11) is 0. The third-order valence-corrected chi connectivity index (χ3v) is 4.46. The predicted octanol–water partition coefficient (Wildman–Crippen LogP) is 4.93. The Labute approximate surface area is 152 Å². The van der Waals surface area contributed by atoms with Gasteiger partial charge in [-0.15, -0.1) is 0 Å². The minimum absolute atomic E-state index is 0.840. The van der Waals surface area contributed by atoms with Gasteiger partial charge in [0.1, 0.15) is 17.0 Å². The molecule has 4 heteroatoms. The molecule has 0 bridgehead atoms. The fraction of sp³-hybridized carbons (Fsp3) is 0.136. The summed E-state index contributed by atoms with van der Waals surface area (Å²) < 4.78 is 2.18. The Bertz CT molecular complexity index is 1020.